The van der Waals surface area contributed by atoms with Gasteiger partial charge in [0.25, 0.3) is 0 Å². The molecule has 3 rings (SSSR count). The molecule has 0 unspecified atom stereocenters. The fourth-order valence-electron chi connectivity index (χ4n) is 2.61. The molecule has 19 heavy (non-hydrogen) atoms. The van der Waals surface area contributed by atoms with Gasteiger partial charge in [-0.2, -0.15) is 0 Å². The lowest BCUT2D eigenvalue weighted by molar-refractivity contribution is 0.704. The molecule has 2 aromatic rings. The van der Waals surface area contributed by atoms with E-state index in [0.717, 1.165) is 5.01 Å². The van der Waals surface area contributed by atoms with Crippen LogP contribution in [0.15, 0.2) is 29.6 Å². The van der Waals surface area contributed by atoms with Crippen LogP contribution in [0.4, 0.5) is 0 Å². The Labute approximate surface area is 124 Å². The highest BCUT2D eigenvalue weighted by atomic mass is 35.5. The van der Waals surface area contributed by atoms with Gasteiger partial charge in [-0.1, -0.05) is 37.1 Å². The van der Waals surface area contributed by atoms with Gasteiger partial charge in [-0.05, 0) is 18.4 Å². The maximum atomic E-state index is 5.61. The predicted molar refractivity (Wildman–Crippen MR) is 83.9 cm³/mol. The minimum Gasteiger partial charge on any atom is -0.326 e. The summed E-state index contributed by atoms with van der Waals surface area (Å²) < 4.78 is 0. The van der Waals surface area contributed by atoms with Gasteiger partial charge in [0.2, 0.25) is 0 Å². The summed E-state index contributed by atoms with van der Waals surface area (Å²) >= 11 is 1.76. The molecule has 0 bridgehead atoms. The average Bonchev–Trinajstić information content (AvgIpc) is 3.09. The molecule has 0 amide bonds. The largest absolute Gasteiger partial charge is 0.326 e. The number of aromatic nitrogens is 1. The molecule has 1 aromatic carbocycles. The SMILES string of the molecule is Cl.NCc1ccc(-c2nc(C3CCCC3)cs2)cc1. The van der Waals surface area contributed by atoms with Crippen molar-refractivity contribution in [1.29, 1.82) is 0 Å². The van der Waals surface area contributed by atoms with Crippen LogP contribution in [0.1, 0.15) is 42.9 Å². The number of hydrogen-bond donors (Lipinski definition) is 1. The molecule has 0 radical (unpaired) electrons. The molecule has 1 aliphatic rings. The van der Waals surface area contributed by atoms with Gasteiger partial charge in [0, 0.05) is 23.4 Å². The molecule has 2 N–H and O–H groups in total. The van der Waals surface area contributed by atoms with E-state index in [1.54, 1.807) is 11.3 Å². The standard InChI is InChI=1S/C15H18N2S.ClH/c16-9-11-5-7-13(8-6-11)15-17-14(10-18-15)12-3-1-2-4-12;/h5-8,10,12H,1-4,9,16H2;1H. The molecule has 102 valence electrons. The molecule has 4 heteroatoms. The topological polar surface area (TPSA) is 38.9 Å². The van der Waals surface area contributed by atoms with Crippen LogP contribution in [0.2, 0.25) is 0 Å². The van der Waals surface area contributed by atoms with Crippen LogP contribution in [-0.2, 0) is 6.54 Å². The zero-order chi connectivity index (χ0) is 12.4. The highest BCUT2D eigenvalue weighted by Gasteiger charge is 2.19. The molecule has 1 aromatic heterocycles. The number of halogens is 1. The Balaban J connectivity index is 0.00000133. The molecule has 1 fully saturated rings. The first-order valence-electron chi connectivity index (χ1n) is 6.61. The van der Waals surface area contributed by atoms with E-state index in [4.69, 9.17) is 10.7 Å². The average molecular weight is 295 g/mol. The van der Waals surface area contributed by atoms with Crippen LogP contribution in [0.25, 0.3) is 10.6 Å². The van der Waals surface area contributed by atoms with Crippen molar-refractivity contribution < 1.29 is 0 Å². The number of thiazole rings is 1. The quantitative estimate of drug-likeness (QED) is 0.914. The summed E-state index contributed by atoms with van der Waals surface area (Å²) in [5.41, 5.74) is 9.30. The van der Waals surface area contributed by atoms with E-state index in [-0.39, 0.29) is 12.4 Å². The Kier molecular flexibility index (Phi) is 4.97. The normalized spacial score (nSPS) is 15.4. The van der Waals surface area contributed by atoms with E-state index in [9.17, 15) is 0 Å². The monoisotopic (exact) mass is 294 g/mol. The van der Waals surface area contributed by atoms with Crippen LogP contribution in [-0.4, -0.2) is 4.98 Å². The van der Waals surface area contributed by atoms with Gasteiger partial charge in [-0.3, -0.25) is 0 Å². The molecule has 1 heterocycles. The molecular weight excluding hydrogens is 276 g/mol. The van der Waals surface area contributed by atoms with Crippen LogP contribution < -0.4 is 5.73 Å². The van der Waals surface area contributed by atoms with Crippen molar-refractivity contribution in [3.63, 3.8) is 0 Å². The fourth-order valence-corrected chi connectivity index (χ4v) is 3.52. The first-order chi connectivity index (χ1) is 8.86. The molecule has 1 aliphatic carbocycles. The predicted octanol–water partition coefficient (Wildman–Crippen LogP) is 4.35. The van der Waals surface area contributed by atoms with Crippen molar-refractivity contribution in [3.05, 3.63) is 40.9 Å². The first kappa shape index (κ1) is 14.5. The lowest BCUT2D eigenvalue weighted by atomic mass is 10.1. The molecular formula is C15H19ClN2S. The fraction of sp³-hybridized carbons (Fsp3) is 0.400. The molecule has 0 spiro atoms. The van der Waals surface area contributed by atoms with Gasteiger partial charge < -0.3 is 5.73 Å². The highest BCUT2D eigenvalue weighted by molar-refractivity contribution is 7.13. The van der Waals surface area contributed by atoms with E-state index in [1.165, 1.54) is 42.5 Å². The Hall–Kier alpha value is -0.900. The third-order valence-electron chi connectivity index (χ3n) is 3.73. The second-order valence-corrected chi connectivity index (χ2v) is 5.82. The van der Waals surface area contributed by atoms with Crippen LogP contribution in [0.3, 0.4) is 0 Å². The highest BCUT2D eigenvalue weighted by Crippen LogP contribution is 2.36. The summed E-state index contributed by atoms with van der Waals surface area (Å²) in [7, 11) is 0. The molecule has 0 aliphatic heterocycles. The van der Waals surface area contributed by atoms with E-state index < -0.39 is 0 Å². The summed E-state index contributed by atoms with van der Waals surface area (Å²) in [5, 5.41) is 3.38. The van der Waals surface area contributed by atoms with Gasteiger partial charge in [-0.25, -0.2) is 4.98 Å². The Morgan fingerprint density at radius 1 is 1.16 bits per heavy atom. The maximum Gasteiger partial charge on any atom is 0.123 e. The molecule has 2 nitrogen and oxygen atoms in total. The number of rotatable bonds is 3. The van der Waals surface area contributed by atoms with Crippen molar-refractivity contribution in [3.8, 4) is 10.6 Å². The smallest absolute Gasteiger partial charge is 0.123 e. The van der Waals surface area contributed by atoms with Gasteiger partial charge in [0.05, 0.1) is 5.69 Å². The first-order valence-corrected chi connectivity index (χ1v) is 7.49. The summed E-state index contributed by atoms with van der Waals surface area (Å²) in [6.07, 6.45) is 5.36. The van der Waals surface area contributed by atoms with Crippen molar-refractivity contribution in [1.82, 2.24) is 4.98 Å². The molecule has 1 saturated carbocycles. The number of nitrogens with zero attached hydrogens (tertiary/aromatic N) is 1. The third kappa shape index (κ3) is 3.16. The van der Waals surface area contributed by atoms with E-state index in [2.05, 4.69) is 29.6 Å². The summed E-state index contributed by atoms with van der Waals surface area (Å²) in [6.45, 7) is 0.603. The Morgan fingerprint density at radius 3 is 2.47 bits per heavy atom. The Bertz CT molecular complexity index is 515. The van der Waals surface area contributed by atoms with Gasteiger partial charge in [-0.15, -0.1) is 23.7 Å². The van der Waals surface area contributed by atoms with Crippen molar-refractivity contribution >= 4 is 23.7 Å². The molecule has 0 saturated heterocycles. The second-order valence-electron chi connectivity index (χ2n) is 4.96. The van der Waals surface area contributed by atoms with Crippen LogP contribution in [0, 0.1) is 0 Å². The lowest BCUT2D eigenvalue weighted by Gasteiger charge is -2.03. The number of hydrogen-bond acceptors (Lipinski definition) is 3. The summed E-state index contributed by atoms with van der Waals surface area (Å²) in [5.74, 6) is 0.707. The van der Waals surface area contributed by atoms with E-state index >= 15 is 0 Å². The van der Waals surface area contributed by atoms with Gasteiger partial charge in [0.1, 0.15) is 5.01 Å². The Morgan fingerprint density at radius 2 is 1.84 bits per heavy atom. The van der Waals surface area contributed by atoms with E-state index in [0.29, 0.717) is 12.5 Å². The molecule has 0 atom stereocenters. The second kappa shape index (κ2) is 6.51. The lowest BCUT2D eigenvalue weighted by Crippen LogP contribution is -1.95. The summed E-state index contributed by atoms with van der Waals surface area (Å²) in [4.78, 5) is 4.81. The number of benzene rings is 1. The van der Waals surface area contributed by atoms with Gasteiger partial charge >= 0.3 is 0 Å². The van der Waals surface area contributed by atoms with Crippen LogP contribution in [0.5, 0.6) is 0 Å². The van der Waals surface area contributed by atoms with Gasteiger partial charge in [0.15, 0.2) is 0 Å². The minimum absolute atomic E-state index is 0. The number of nitrogens with two attached hydrogens (primary N) is 1. The van der Waals surface area contributed by atoms with E-state index in [1.807, 2.05) is 0 Å². The third-order valence-corrected chi connectivity index (χ3v) is 4.64. The van der Waals surface area contributed by atoms with Crippen molar-refractivity contribution in [2.75, 3.05) is 0 Å². The summed E-state index contributed by atoms with van der Waals surface area (Å²) in [6, 6.07) is 8.43. The van der Waals surface area contributed by atoms with Crippen molar-refractivity contribution in [2.24, 2.45) is 5.73 Å². The zero-order valence-corrected chi connectivity index (χ0v) is 12.5. The zero-order valence-electron chi connectivity index (χ0n) is 10.8. The minimum atomic E-state index is 0. The maximum absolute atomic E-state index is 5.61. The van der Waals surface area contributed by atoms with Crippen molar-refractivity contribution in [2.45, 2.75) is 38.1 Å². The van der Waals surface area contributed by atoms with Crippen LogP contribution >= 0.6 is 23.7 Å².